The molecular weight excluding hydrogens is 170 g/mol. The first-order chi connectivity index (χ1) is 6.47. The Morgan fingerprint density at radius 2 is 1.93 bits per heavy atom. The second-order valence-corrected chi connectivity index (χ2v) is 6.23. The summed E-state index contributed by atoms with van der Waals surface area (Å²) in [6.07, 6.45) is 6.89. The van der Waals surface area contributed by atoms with E-state index in [9.17, 15) is 0 Å². The molecule has 0 aromatic carbocycles. The molecule has 1 rings (SSSR count). The Bertz CT molecular complexity index is 157. The average molecular weight is 197 g/mol. The zero-order chi connectivity index (χ0) is 10.6. The van der Waals surface area contributed by atoms with Gasteiger partial charge in [-0.1, -0.05) is 27.7 Å². The van der Waals surface area contributed by atoms with Crippen LogP contribution in [0, 0.1) is 11.3 Å². The van der Waals surface area contributed by atoms with Gasteiger partial charge in [0.05, 0.1) is 0 Å². The maximum Gasteiger partial charge on any atom is 0.00696 e. The van der Waals surface area contributed by atoms with Gasteiger partial charge in [-0.25, -0.2) is 0 Å². The largest absolute Gasteiger partial charge is 0.314 e. The normalized spacial score (nSPS) is 28.3. The summed E-state index contributed by atoms with van der Waals surface area (Å²) in [6, 6.07) is 0.824. The molecule has 2 unspecified atom stereocenters. The van der Waals surface area contributed by atoms with E-state index in [1.54, 1.807) is 0 Å². The van der Waals surface area contributed by atoms with Crippen LogP contribution in [0.5, 0.6) is 0 Å². The molecule has 0 bridgehead atoms. The van der Waals surface area contributed by atoms with Gasteiger partial charge in [-0.2, -0.15) is 0 Å². The molecule has 0 saturated heterocycles. The van der Waals surface area contributed by atoms with Crippen molar-refractivity contribution in [1.82, 2.24) is 5.32 Å². The average Bonchev–Trinajstić information content (AvgIpc) is 2.44. The Morgan fingerprint density at radius 1 is 1.21 bits per heavy atom. The van der Waals surface area contributed by atoms with Crippen molar-refractivity contribution in [3.8, 4) is 0 Å². The maximum absolute atomic E-state index is 3.68. The molecule has 1 nitrogen and oxygen atoms in total. The number of hydrogen-bond donors (Lipinski definition) is 1. The standard InChI is InChI=1S/C13H27N/c1-11-6-7-12(10-11)14-9-5-8-13(2,3)4/h11-12,14H,5-10H2,1-4H3. The molecule has 0 aromatic heterocycles. The van der Waals surface area contributed by atoms with Crippen LogP contribution in [-0.4, -0.2) is 12.6 Å². The first-order valence-corrected chi connectivity index (χ1v) is 6.21. The van der Waals surface area contributed by atoms with Gasteiger partial charge in [0.15, 0.2) is 0 Å². The van der Waals surface area contributed by atoms with Crippen molar-refractivity contribution in [3.05, 3.63) is 0 Å². The molecule has 84 valence electrons. The third-order valence-corrected chi connectivity index (χ3v) is 3.23. The second-order valence-electron chi connectivity index (χ2n) is 6.23. The van der Waals surface area contributed by atoms with Crippen molar-refractivity contribution in [3.63, 3.8) is 0 Å². The van der Waals surface area contributed by atoms with Gasteiger partial charge in [-0.3, -0.25) is 0 Å². The van der Waals surface area contributed by atoms with Crippen molar-refractivity contribution in [2.75, 3.05) is 6.54 Å². The molecule has 1 N–H and O–H groups in total. The smallest absolute Gasteiger partial charge is 0.00696 e. The van der Waals surface area contributed by atoms with Crippen molar-refractivity contribution >= 4 is 0 Å². The predicted molar refractivity (Wildman–Crippen MR) is 63.5 cm³/mol. The minimum atomic E-state index is 0.505. The third kappa shape index (κ3) is 4.99. The van der Waals surface area contributed by atoms with Crippen LogP contribution in [0.15, 0.2) is 0 Å². The highest BCUT2D eigenvalue weighted by molar-refractivity contribution is 4.78. The molecule has 1 fully saturated rings. The molecular formula is C13H27N. The highest BCUT2D eigenvalue weighted by atomic mass is 14.9. The highest BCUT2D eigenvalue weighted by Gasteiger charge is 2.20. The van der Waals surface area contributed by atoms with Gasteiger partial charge in [-0.05, 0) is 50.0 Å². The van der Waals surface area contributed by atoms with Gasteiger partial charge >= 0.3 is 0 Å². The zero-order valence-corrected chi connectivity index (χ0v) is 10.4. The van der Waals surface area contributed by atoms with Crippen molar-refractivity contribution in [1.29, 1.82) is 0 Å². The Morgan fingerprint density at radius 3 is 2.43 bits per heavy atom. The molecule has 1 aliphatic carbocycles. The summed E-state index contributed by atoms with van der Waals surface area (Å²) in [5.74, 6) is 0.954. The van der Waals surface area contributed by atoms with Gasteiger partial charge in [0.2, 0.25) is 0 Å². The SMILES string of the molecule is CC1CCC(NCCCC(C)(C)C)C1. The van der Waals surface area contributed by atoms with Crippen LogP contribution in [0.1, 0.15) is 59.8 Å². The van der Waals surface area contributed by atoms with E-state index in [0.29, 0.717) is 5.41 Å². The predicted octanol–water partition coefficient (Wildman–Crippen LogP) is 3.59. The van der Waals surface area contributed by atoms with E-state index < -0.39 is 0 Å². The number of hydrogen-bond acceptors (Lipinski definition) is 1. The molecule has 0 radical (unpaired) electrons. The fourth-order valence-corrected chi connectivity index (χ4v) is 2.32. The molecule has 0 aromatic rings. The van der Waals surface area contributed by atoms with E-state index >= 15 is 0 Å². The van der Waals surface area contributed by atoms with Crippen molar-refractivity contribution in [2.24, 2.45) is 11.3 Å². The molecule has 1 heteroatoms. The lowest BCUT2D eigenvalue weighted by molar-refractivity contribution is 0.354. The minimum Gasteiger partial charge on any atom is -0.314 e. The van der Waals surface area contributed by atoms with Crippen molar-refractivity contribution < 1.29 is 0 Å². The number of nitrogens with one attached hydrogen (secondary N) is 1. The quantitative estimate of drug-likeness (QED) is 0.679. The first kappa shape index (κ1) is 12.0. The summed E-state index contributed by atoms with van der Waals surface area (Å²) >= 11 is 0. The van der Waals surface area contributed by atoms with Gasteiger partial charge < -0.3 is 5.32 Å². The number of rotatable bonds is 4. The lowest BCUT2D eigenvalue weighted by Crippen LogP contribution is -2.27. The molecule has 14 heavy (non-hydrogen) atoms. The van der Waals surface area contributed by atoms with Crippen LogP contribution in [0.4, 0.5) is 0 Å². The molecule has 1 aliphatic rings. The lowest BCUT2D eigenvalue weighted by Gasteiger charge is -2.19. The topological polar surface area (TPSA) is 12.0 Å². The summed E-state index contributed by atoms with van der Waals surface area (Å²) in [5.41, 5.74) is 0.505. The molecule has 0 heterocycles. The van der Waals surface area contributed by atoms with E-state index in [0.717, 1.165) is 12.0 Å². The molecule has 0 spiro atoms. The van der Waals surface area contributed by atoms with Crippen LogP contribution < -0.4 is 5.32 Å². The third-order valence-electron chi connectivity index (χ3n) is 3.23. The molecule has 1 saturated carbocycles. The van der Waals surface area contributed by atoms with Crippen LogP contribution in [0.3, 0.4) is 0 Å². The summed E-state index contributed by atoms with van der Waals surface area (Å²) in [6.45, 7) is 10.6. The Labute approximate surface area is 89.7 Å². The summed E-state index contributed by atoms with van der Waals surface area (Å²) < 4.78 is 0. The monoisotopic (exact) mass is 197 g/mol. The van der Waals surface area contributed by atoms with Crippen LogP contribution in [0.25, 0.3) is 0 Å². The molecule has 2 atom stereocenters. The van der Waals surface area contributed by atoms with Gasteiger partial charge in [0.25, 0.3) is 0 Å². The molecule has 0 aliphatic heterocycles. The lowest BCUT2D eigenvalue weighted by atomic mass is 9.90. The van der Waals surface area contributed by atoms with Gasteiger partial charge in [0, 0.05) is 6.04 Å². The Balaban J connectivity index is 1.99. The van der Waals surface area contributed by atoms with E-state index in [4.69, 9.17) is 0 Å². The van der Waals surface area contributed by atoms with Crippen LogP contribution in [-0.2, 0) is 0 Å². The summed E-state index contributed by atoms with van der Waals surface area (Å²) in [7, 11) is 0. The van der Waals surface area contributed by atoms with E-state index in [2.05, 4.69) is 33.0 Å². The van der Waals surface area contributed by atoms with Crippen molar-refractivity contribution in [2.45, 2.75) is 65.8 Å². The second kappa shape index (κ2) is 5.16. The summed E-state index contributed by atoms with van der Waals surface area (Å²) in [4.78, 5) is 0. The Kier molecular flexibility index (Phi) is 4.43. The van der Waals surface area contributed by atoms with E-state index in [1.165, 1.54) is 38.6 Å². The zero-order valence-electron chi connectivity index (χ0n) is 10.4. The van der Waals surface area contributed by atoms with E-state index in [1.807, 2.05) is 0 Å². The molecule has 0 amide bonds. The van der Waals surface area contributed by atoms with Crippen LogP contribution in [0.2, 0.25) is 0 Å². The fourth-order valence-electron chi connectivity index (χ4n) is 2.32. The van der Waals surface area contributed by atoms with Crippen LogP contribution >= 0.6 is 0 Å². The summed E-state index contributed by atoms with van der Waals surface area (Å²) in [5, 5.41) is 3.68. The van der Waals surface area contributed by atoms with Gasteiger partial charge in [0.1, 0.15) is 0 Å². The first-order valence-electron chi connectivity index (χ1n) is 6.21. The van der Waals surface area contributed by atoms with Gasteiger partial charge in [-0.15, -0.1) is 0 Å². The highest BCUT2D eigenvalue weighted by Crippen LogP contribution is 2.25. The van der Waals surface area contributed by atoms with E-state index in [-0.39, 0.29) is 0 Å². The Hall–Kier alpha value is -0.0400. The minimum absolute atomic E-state index is 0.505. The fraction of sp³-hybridized carbons (Fsp3) is 1.00. The maximum atomic E-state index is 3.68.